The molecule has 0 fully saturated rings. The third-order valence-electron chi connectivity index (χ3n) is 3.38. The van der Waals surface area contributed by atoms with Crippen molar-refractivity contribution < 1.29 is 0 Å². The van der Waals surface area contributed by atoms with Crippen molar-refractivity contribution >= 4 is 32.4 Å². The number of halogens is 1. The quantitative estimate of drug-likeness (QED) is 0.753. The average Bonchev–Trinajstić information content (AvgIpc) is 2.93. The topological polar surface area (TPSA) is 42.7 Å². The molecule has 0 aliphatic carbocycles. The van der Waals surface area contributed by atoms with E-state index < -0.39 is 0 Å². The van der Waals surface area contributed by atoms with Gasteiger partial charge in [0.15, 0.2) is 0 Å². The lowest BCUT2D eigenvalue weighted by Gasteiger charge is -2.09. The van der Waals surface area contributed by atoms with Crippen LogP contribution in [-0.2, 0) is 13.1 Å². The lowest BCUT2D eigenvalue weighted by atomic mass is 10.1. The number of anilines is 1. The minimum absolute atomic E-state index is 0.683. The minimum Gasteiger partial charge on any atom is -0.378 e. The van der Waals surface area contributed by atoms with Crippen LogP contribution in [0.2, 0.25) is 0 Å². The summed E-state index contributed by atoms with van der Waals surface area (Å²) < 4.78 is 3.05. The fourth-order valence-corrected chi connectivity index (χ4v) is 2.71. The van der Waals surface area contributed by atoms with E-state index in [1.165, 1.54) is 10.8 Å². The van der Waals surface area contributed by atoms with E-state index in [2.05, 4.69) is 74.7 Å². The first-order valence-electron chi connectivity index (χ1n) is 7.06. The van der Waals surface area contributed by atoms with Crippen molar-refractivity contribution in [1.29, 1.82) is 0 Å². The van der Waals surface area contributed by atoms with Crippen LogP contribution in [0.4, 0.5) is 5.69 Å². The zero-order chi connectivity index (χ0) is 14.7. The summed E-state index contributed by atoms with van der Waals surface area (Å²) in [5.74, 6) is 0.966. The van der Waals surface area contributed by atoms with Gasteiger partial charge in [0.05, 0.1) is 6.54 Å². The zero-order valence-corrected chi connectivity index (χ0v) is 13.5. The van der Waals surface area contributed by atoms with E-state index in [1.54, 1.807) is 6.33 Å². The summed E-state index contributed by atoms with van der Waals surface area (Å²) in [6.45, 7) is 3.73. The smallest absolute Gasteiger partial charge is 0.146 e. The second-order valence-corrected chi connectivity index (χ2v) is 5.87. The molecule has 3 aromatic rings. The van der Waals surface area contributed by atoms with Gasteiger partial charge in [0.1, 0.15) is 12.2 Å². The lowest BCUT2D eigenvalue weighted by molar-refractivity contribution is 0.574. The Morgan fingerprint density at radius 2 is 1.95 bits per heavy atom. The molecule has 0 bridgehead atoms. The van der Waals surface area contributed by atoms with Crippen molar-refractivity contribution in [2.24, 2.45) is 0 Å². The van der Waals surface area contributed by atoms with Crippen LogP contribution < -0.4 is 5.32 Å². The number of nitrogens with zero attached hydrogens (tertiary/aromatic N) is 3. The van der Waals surface area contributed by atoms with Gasteiger partial charge in [-0.15, -0.1) is 0 Å². The lowest BCUT2D eigenvalue weighted by Crippen LogP contribution is -2.10. The summed E-state index contributed by atoms with van der Waals surface area (Å²) >= 11 is 3.50. The van der Waals surface area contributed by atoms with Crippen LogP contribution in [0.1, 0.15) is 19.2 Å². The summed E-state index contributed by atoms with van der Waals surface area (Å²) in [5.41, 5.74) is 1.09. The monoisotopic (exact) mass is 344 g/mol. The SMILES string of the molecule is CCCn1ncnc1CNc1ccc2cc(Br)ccc2c1. The Morgan fingerprint density at radius 3 is 2.81 bits per heavy atom. The molecule has 0 unspecified atom stereocenters. The van der Waals surface area contributed by atoms with Crippen molar-refractivity contribution in [1.82, 2.24) is 14.8 Å². The number of fused-ring (bicyclic) bond motifs is 1. The van der Waals surface area contributed by atoms with Gasteiger partial charge in [-0.2, -0.15) is 5.10 Å². The van der Waals surface area contributed by atoms with Gasteiger partial charge >= 0.3 is 0 Å². The molecule has 0 saturated heterocycles. The summed E-state index contributed by atoms with van der Waals surface area (Å²) in [5, 5.41) is 10.1. The third kappa shape index (κ3) is 3.24. The second-order valence-electron chi connectivity index (χ2n) is 4.96. The molecule has 1 heterocycles. The molecule has 108 valence electrons. The normalized spacial score (nSPS) is 11.0. The van der Waals surface area contributed by atoms with Crippen LogP contribution in [0.5, 0.6) is 0 Å². The number of aryl methyl sites for hydroxylation is 1. The molecule has 0 aliphatic rings. The maximum Gasteiger partial charge on any atom is 0.146 e. The molecule has 0 saturated carbocycles. The first-order chi connectivity index (χ1) is 10.3. The van der Waals surface area contributed by atoms with Gasteiger partial charge in [0, 0.05) is 16.7 Å². The molecule has 0 spiro atoms. The molecule has 0 amide bonds. The standard InChI is InChI=1S/C16H17BrN4/c1-2-7-21-16(19-11-20-21)10-18-15-6-4-12-8-14(17)5-3-13(12)9-15/h3-6,8-9,11,18H,2,7,10H2,1H3. The molecule has 21 heavy (non-hydrogen) atoms. The van der Waals surface area contributed by atoms with Crippen molar-refractivity contribution in [3.8, 4) is 0 Å². The molecule has 0 aliphatic heterocycles. The van der Waals surface area contributed by atoms with Crippen molar-refractivity contribution in [2.75, 3.05) is 5.32 Å². The Kier molecular flexibility index (Phi) is 4.20. The molecular weight excluding hydrogens is 328 g/mol. The Bertz CT molecular complexity index is 751. The van der Waals surface area contributed by atoms with E-state index >= 15 is 0 Å². The number of nitrogens with one attached hydrogen (secondary N) is 1. The molecular formula is C16H17BrN4. The number of rotatable bonds is 5. The fourth-order valence-electron chi connectivity index (χ4n) is 2.33. The molecule has 4 nitrogen and oxygen atoms in total. The Labute approximate surface area is 132 Å². The number of hydrogen-bond acceptors (Lipinski definition) is 3. The van der Waals surface area contributed by atoms with Gasteiger partial charge in [0.25, 0.3) is 0 Å². The molecule has 2 aromatic carbocycles. The van der Waals surface area contributed by atoms with Gasteiger partial charge in [-0.1, -0.05) is 35.0 Å². The predicted molar refractivity (Wildman–Crippen MR) is 89.3 cm³/mol. The third-order valence-corrected chi connectivity index (χ3v) is 3.88. The minimum atomic E-state index is 0.683. The fraction of sp³-hybridized carbons (Fsp3) is 0.250. The Balaban J connectivity index is 1.75. The predicted octanol–water partition coefficient (Wildman–Crippen LogP) is 4.22. The van der Waals surface area contributed by atoms with E-state index in [9.17, 15) is 0 Å². The number of aromatic nitrogens is 3. The molecule has 0 radical (unpaired) electrons. The maximum absolute atomic E-state index is 4.31. The van der Waals surface area contributed by atoms with E-state index in [1.807, 2.05) is 4.68 Å². The molecule has 0 atom stereocenters. The van der Waals surface area contributed by atoms with Crippen LogP contribution in [-0.4, -0.2) is 14.8 Å². The molecule has 1 N–H and O–H groups in total. The van der Waals surface area contributed by atoms with Crippen LogP contribution in [0.25, 0.3) is 10.8 Å². The molecule has 5 heteroatoms. The van der Waals surface area contributed by atoms with Crippen LogP contribution in [0, 0.1) is 0 Å². The number of hydrogen-bond donors (Lipinski definition) is 1. The van der Waals surface area contributed by atoms with Gasteiger partial charge < -0.3 is 5.32 Å². The Morgan fingerprint density at radius 1 is 1.14 bits per heavy atom. The maximum atomic E-state index is 4.31. The summed E-state index contributed by atoms with van der Waals surface area (Å²) in [4.78, 5) is 4.31. The second kappa shape index (κ2) is 6.26. The van der Waals surface area contributed by atoms with Crippen molar-refractivity contribution in [3.05, 3.63) is 53.0 Å². The Hall–Kier alpha value is -1.88. The zero-order valence-electron chi connectivity index (χ0n) is 11.9. The number of benzene rings is 2. The summed E-state index contributed by atoms with van der Waals surface area (Å²) in [7, 11) is 0. The highest BCUT2D eigenvalue weighted by atomic mass is 79.9. The van der Waals surface area contributed by atoms with Crippen LogP contribution in [0.3, 0.4) is 0 Å². The highest BCUT2D eigenvalue weighted by Crippen LogP contribution is 2.23. The van der Waals surface area contributed by atoms with E-state index in [-0.39, 0.29) is 0 Å². The first kappa shape index (κ1) is 14.1. The highest BCUT2D eigenvalue weighted by molar-refractivity contribution is 9.10. The van der Waals surface area contributed by atoms with E-state index in [0.29, 0.717) is 6.54 Å². The largest absolute Gasteiger partial charge is 0.378 e. The van der Waals surface area contributed by atoms with Gasteiger partial charge in [-0.3, -0.25) is 0 Å². The molecule has 1 aromatic heterocycles. The van der Waals surface area contributed by atoms with Crippen molar-refractivity contribution in [2.45, 2.75) is 26.4 Å². The van der Waals surface area contributed by atoms with Crippen molar-refractivity contribution in [3.63, 3.8) is 0 Å². The van der Waals surface area contributed by atoms with Gasteiger partial charge in [0.2, 0.25) is 0 Å². The van der Waals surface area contributed by atoms with Gasteiger partial charge in [-0.25, -0.2) is 9.67 Å². The van der Waals surface area contributed by atoms with Gasteiger partial charge in [-0.05, 0) is 41.5 Å². The van der Waals surface area contributed by atoms with E-state index in [4.69, 9.17) is 0 Å². The summed E-state index contributed by atoms with van der Waals surface area (Å²) in [6, 6.07) is 12.7. The summed E-state index contributed by atoms with van der Waals surface area (Å²) in [6.07, 6.45) is 2.67. The molecule has 3 rings (SSSR count). The van der Waals surface area contributed by atoms with Crippen LogP contribution in [0.15, 0.2) is 47.2 Å². The first-order valence-corrected chi connectivity index (χ1v) is 7.85. The average molecular weight is 345 g/mol. The van der Waals surface area contributed by atoms with E-state index in [0.717, 1.165) is 29.0 Å². The highest BCUT2D eigenvalue weighted by Gasteiger charge is 2.03. The van der Waals surface area contributed by atoms with Crippen LogP contribution >= 0.6 is 15.9 Å².